The number of nitrogens with one attached hydrogen (secondary N) is 1. The van der Waals surface area contributed by atoms with Gasteiger partial charge in [-0.1, -0.05) is 31.5 Å². The molecule has 102 valence electrons. The molecule has 0 aliphatic heterocycles. The first kappa shape index (κ1) is 15.2. The first-order chi connectivity index (χ1) is 8.45. The maximum Gasteiger partial charge on any atom is 0.0661 e. The molecule has 0 heterocycles. The molecule has 1 N–H and O–H groups in total. The van der Waals surface area contributed by atoms with Crippen LogP contribution in [-0.2, 0) is 4.74 Å². The maximum atomic E-state index is 5.78. The highest BCUT2D eigenvalue weighted by Crippen LogP contribution is 2.23. The smallest absolute Gasteiger partial charge is 0.0661 e. The van der Waals surface area contributed by atoms with Gasteiger partial charge in [0.15, 0.2) is 0 Å². The summed E-state index contributed by atoms with van der Waals surface area (Å²) in [6.45, 7) is 12.4. The van der Waals surface area contributed by atoms with Crippen LogP contribution in [0.15, 0.2) is 12.1 Å². The molecule has 2 heteroatoms. The summed E-state index contributed by atoms with van der Waals surface area (Å²) < 4.78 is 5.78. The number of benzene rings is 1. The van der Waals surface area contributed by atoms with E-state index in [0.29, 0.717) is 5.92 Å². The third-order valence-corrected chi connectivity index (χ3v) is 3.17. The van der Waals surface area contributed by atoms with Gasteiger partial charge < -0.3 is 10.1 Å². The Morgan fingerprint density at radius 3 is 2.06 bits per heavy atom. The minimum atomic E-state index is 0.282. The Hall–Kier alpha value is -0.860. The van der Waals surface area contributed by atoms with E-state index in [4.69, 9.17) is 4.74 Å². The molecule has 0 radical (unpaired) electrons. The van der Waals surface area contributed by atoms with E-state index in [-0.39, 0.29) is 6.04 Å². The summed E-state index contributed by atoms with van der Waals surface area (Å²) in [5.74, 6) is 0.586. The molecule has 0 saturated heterocycles. The van der Waals surface area contributed by atoms with Crippen LogP contribution in [0.3, 0.4) is 0 Å². The fourth-order valence-electron chi connectivity index (χ4n) is 2.47. The maximum absolute atomic E-state index is 5.78. The minimum absolute atomic E-state index is 0.282. The number of rotatable bonds is 6. The Morgan fingerprint density at radius 1 is 1.06 bits per heavy atom. The predicted molar refractivity (Wildman–Crippen MR) is 78.1 cm³/mol. The third kappa shape index (κ3) is 4.11. The molecule has 2 nitrogen and oxygen atoms in total. The van der Waals surface area contributed by atoms with Gasteiger partial charge in [0.05, 0.1) is 12.6 Å². The lowest BCUT2D eigenvalue weighted by atomic mass is 9.94. The van der Waals surface area contributed by atoms with Crippen molar-refractivity contribution in [3.05, 3.63) is 34.4 Å². The zero-order valence-corrected chi connectivity index (χ0v) is 12.6. The number of hydrogen-bond acceptors (Lipinski definition) is 2. The van der Waals surface area contributed by atoms with Crippen molar-refractivity contribution in [1.29, 1.82) is 0 Å². The Balaban J connectivity index is 2.82. The minimum Gasteiger partial charge on any atom is -0.379 e. The molecule has 1 atom stereocenters. The summed E-state index contributed by atoms with van der Waals surface area (Å²) >= 11 is 0. The van der Waals surface area contributed by atoms with Crippen LogP contribution in [0, 0.1) is 26.7 Å². The molecule has 1 unspecified atom stereocenters. The van der Waals surface area contributed by atoms with Crippen molar-refractivity contribution in [3.63, 3.8) is 0 Å². The average Bonchev–Trinajstić information content (AvgIpc) is 2.25. The second kappa shape index (κ2) is 6.91. The summed E-state index contributed by atoms with van der Waals surface area (Å²) in [6, 6.07) is 4.77. The molecular formula is C16H27NO. The summed E-state index contributed by atoms with van der Waals surface area (Å²) in [5, 5.41) is 3.37. The summed E-state index contributed by atoms with van der Waals surface area (Å²) in [5.41, 5.74) is 5.40. The Morgan fingerprint density at radius 2 is 1.61 bits per heavy atom. The topological polar surface area (TPSA) is 21.3 Å². The van der Waals surface area contributed by atoms with E-state index in [9.17, 15) is 0 Å². The normalized spacial score (nSPS) is 13.1. The van der Waals surface area contributed by atoms with Gasteiger partial charge in [0.25, 0.3) is 0 Å². The molecule has 1 rings (SSSR count). The van der Waals surface area contributed by atoms with Crippen LogP contribution in [0.1, 0.15) is 42.1 Å². The van der Waals surface area contributed by atoms with Crippen LogP contribution in [0.2, 0.25) is 0 Å². The van der Waals surface area contributed by atoms with Gasteiger partial charge in [-0.2, -0.15) is 0 Å². The fraction of sp³-hybridized carbons (Fsp3) is 0.625. The van der Waals surface area contributed by atoms with Crippen molar-refractivity contribution in [2.24, 2.45) is 5.92 Å². The molecule has 0 aromatic heterocycles. The Kier molecular flexibility index (Phi) is 5.83. The zero-order valence-electron chi connectivity index (χ0n) is 12.6. The van der Waals surface area contributed by atoms with Crippen molar-refractivity contribution in [3.8, 4) is 0 Å². The first-order valence-corrected chi connectivity index (χ1v) is 6.78. The van der Waals surface area contributed by atoms with Gasteiger partial charge in [-0.15, -0.1) is 0 Å². The Bertz CT molecular complexity index is 362. The molecule has 0 fully saturated rings. The molecular weight excluding hydrogens is 222 g/mol. The van der Waals surface area contributed by atoms with Crippen molar-refractivity contribution < 1.29 is 4.74 Å². The van der Waals surface area contributed by atoms with E-state index in [2.05, 4.69) is 52.1 Å². The van der Waals surface area contributed by atoms with E-state index in [0.717, 1.165) is 13.2 Å². The lowest BCUT2D eigenvalue weighted by Gasteiger charge is -2.22. The highest BCUT2D eigenvalue weighted by Gasteiger charge is 2.15. The quantitative estimate of drug-likeness (QED) is 0.832. The lowest BCUT2D eigenvalue weighted by molar-refractivity contribution is 0.0916. The van der Waals surface area contributed by atoms with Crippen LogP contribution in [0.25, 0.3) is 0 Å². The van der Waals surface area contributed by atoms with Crippen molar-refractivity contribution in [1.82, 2.24) is 5.32 Å². The monoisotopic (exact) mass is 249 g/mol. The molecule has 0 amide bonds. The molecule has 1 aromatic carbocycles. The predicted octanol–water partition coefficient (Wildman–Crippen LogP) is 3.54. The van der Waals surface area contributed by atoms with E-state index in [1.165, 1.54) is 22.3 Å². The van der Waals surface area contributed by atoms with Crippen LogP contribution in [-0.4, -0.2) is 20.3 Å². The number of likely N-dealkylation sites (N-methyl/N-ethyl adjacent to an activating group) is 1. The van der Waals surface area contributed by atoms with Crippen LogP contribution in [0.4, 0.5) is 0 Å². The van der Waals surface area contributed by atoms with Gasteiger partial charge in [-0.05, 0) is 50.4 Å². The third-order valence-electron chi connectivity index (χ3n) is 3.17. The van der Waals surface area contributed by atoms with Gasteiger partial charge in [0, 0.05) is 6.61 Å². The van der Waals surface area contributed by atoms with E-state index >= 15 is 0 Å². The fourth-order valence-corrected chi connectivity index (χ4v) is 2.47. The second-order valence-electron chi connectivity index (χ2n) is 5.58. The second-order valence-corrected chi connectivity index (χ2v) is 5.58. The zero-order chi connectivity index (χ0) is 13.7. The van der Waals surface area contributed by atoms with Gasteiger partial charge in [-0.25, -0.2) is 0 Å². The average molecular weight is 249 g/mol. The standard InChI is InChI=1S/C16H27NO/c1-11(2)9-18-10-15(17-6)16-13(4)7-12(3)8-14(16)5/h7-8,11,15,17H,9-10H2,1-6H3. The van der Waals surface area contributed by atoms with Crippen molar-refractivity contribution >= 4 is 0 Å². The number of aryl methyl sites for hydroxylation is 3. The van der Waals surface area contributed by atoms with Crippen molar-refractivity contribution in [2.75, 3.05) is 20.3 Å². The highest BCUT2D eigenvalue weighted by molar-refractivity contribution is 5.39. The molecule has 0 spiro atoms. The summed E-state index contributed by atoms with van der Waals surface area (Å²) in [7, 11) is 2.00. The van der Waals surface area contributed by atoms with Crippen LogP contribution < -0.4 is 5.32 Å². The van der Waals surface area contributed by atoms with E-state index < -0.39 is 0 Å². The van der Waals surface area contributed by atoms with Crippen LogP contribution in [0.5, 0.6) is 0 Å². The van der Waals surface area contributed by atoms with E-state index in [1.54, 1.807) is 0 Å². The molecule has 0 aliphatic carbocycles. The lowest BCUT2D eigenvalue weighted by Crippen LogP contribution is -2.24. The van der Waals surface area contributed by atoms with Crippen molar-refractivity contribution in [2.45, 2.75) is 40.7 Å². The number of hydrogen-bond donors (Lipinski definition) is 1. The molecule has 0 bridgehead atoms. The summed E-state index contributed by atoms with van der Waals surface area (Å²) in [6.07, 6.45) is 0. The first-order valence-electron chi connectivity index (χ1n) is 6.78. The Labute approximate surface area is 112 Å². The highest BCUT2D eigenvalue weighted by atomic mass is 16.5. The number of ether oxygens (including phenoxy) is 1. The van der Waals surface area contributed by atoms with E-state index in [1.807, 2.05) is 7.05 Å². The van der Waals surface area contributed by atoms with Gasteiger partial charge in [0.2, 0.25) is 0 Å². The van der Waals surface area contributed by atoms with Gasteiger partial charge >= 0.3 is 0 Å². The summed E-state index contributed by atoms with van der Waals surface area (Å²) in [4.78, 5) is 0. The molecule has 18 heavy (non-hydrogen) atoms. The molecule has 0 aliphatic rings. The van der Waals surface area contributed by atoms with Crippen LogP contribution >= 0.6 is 0 Å². The van der Waals surface area contributed by atoms with Gasteiger partial charge in [-0.3, -0.25) is 0 Å². The molecule has 0 saturated carbocycles. The molecule has 1 aromatic rings. The van der Waals surface area contributed by atoms with Gasteiger partial charge in [0.1, 0.15) is 0 Å². The SMILES string of the molecule is CNC(COCC(C)C)c1c(C)cc(C)cc1C. The largest absolute Gasteiger partial charge is 0.379 e.